The average molecular weight is 336 g/mol. The van der Waals surface area contributed by atoms with Crippen molar-refractivity contribution in [2.75, 3.05) is 85.7 Å². The van der Waals surface area contributed by atoms with E-state index in [1.165, 1.54) is 0 Å². The smallest absolute Gasteiger partial charge is 0.0701 e. The van der Waals surface area contributed by atoms with Crippen molar-refractivity contribution in [2.45, 2.75) is 19.8 Å². The Morgan fingerprint density at radius 3 is 1.39 bits per heavy atom. The molecule has 0 heterocycles. The van der Waals surface area contributed by atoms with Crippen molar-refractivity contribution in [2.24, 2.45) is 5.73 Å². The van der Waals surface area contributed by atoms with E-state index in [1.807, 2.05) is 0 Å². The van der Waals surface area contributed by atoms with Crippen LogP contribution in [0.4, 0.5) is 0 Å². The van der Waals surface area contributed by atoms with Gasteiger partial charge in [-0.1, -0.05) is 6.92 Å². The van der Waals surface area contributed by atoms with Crippen LogP contribution in [0.3, 0.4) is 0 Å². The molecular formula is C16H36N2O5. The minimum absolute atomic E-state index is 0.576. The van der Waals surface area contributed by atoms with E-state index in [2.05, 4.69) is 12.2 Å². The third-order valence-electron chi connectivity index (χ3n) is 2.87. The molecule has 0 aromatic rings. The third-order valence-corrected chi connectivity index (χ3v) is 2.87. The Morgan fingerprint density at radius 2 is 1.00 bits per heavy atom. The second-order valence-electron chi connectivity index (χ2n) is 4.91. The van der Waals surface area contributed by atoms with Crippen molar-refractivity contribution in [3.05, 3.63) is 0 Å². The Bertz CT molecular complexity index is 191. The summed E-state index contributed by atoms with van der Waals surface area (Å²) in [6.45, 7) is 11.0. The summed E-state index contributed by atoms with van der Waals surface area (Å²) in [5, 5.41) is 3.25. The number of ether oxygens (including phenoxy) is 5. The Labute approximate surface area is 141 Å². The lowest BCUT2D eigenvalue weighted by atomic mass is 10.4. The highest BCUT2D eigenvalue weighted by molar-refractivity contribution is 4.43. The van der Waals surface area contributed by atoms with Crippen LogP contribution in [-0.4, -0.2) is 85.7 Å². The maximum absolute atomic E-state index is 5.44. The maximum atomic E-state index is 5.44. The Kier molecular flexibility index (Phi) is 21.5. The fourth-order valence-corrected chi connectivity index (χ4v) is 1.64. The number of hydrogen-bond donors (Lipinski definition) is 2. The summed E-state index contributed by atoms with van der Waals surface area (Å²) >= 11 is 0. The van der Waals surface area contributed by atoms with Gasteiger partial charge in [0, 0.05) is 13.2 Å². The zero-order valence-corrected chi connectivity index (χ0v) is 14.7. The fraction of sp³-hybridized carbons (Fsp3) is 1.00. The van der Waals surface area contributed by atoms with Gasteiger partial charge in [-0.15, -0.1) is 0 Å². The van der Waals surface area contributed by atoms with E-state index in [4.69, 9.17) is 29.4 Å². The Hall–Kier alpha value is -0.280. The molecule has 0 fully saturated rings. The second-order valence-corrected chi connectivity index (χ2v) is 4.91. The normalized spacial score (nSPS) is 11.2. The molecule has 0 saturated carbocycles. The lowest BCUT2D eigenvalue weighted by Crippen LogP contribution is -2.17. The molecule has 0 aliphatic rings. The summed E-state index contributed by atoms with van der Waals surface area (Å²) in [4.78, 5) is 0. The summed E-state index contributed by atoms with van der Waals surface area (Å²) in [5.74, 6) is 0. The van der Waals surface area contributed by atoms with Gasteiger partial charge < -0.3 is 34.7 Å². The van der Waals surface area contributed by atoms with E-state index in [0.29, 0.717) is 66.0 Å². The molecule has 0 rings (SSSR count). The summed E-state index contributed by atoms with van der Waals surface area (Å²) in [7, 11) is 0. The largest absolute Gasteiger partial charge is 0.379 e. The molecule has 0 aromatic heterocycles. The predicted molar refractivity (Wildman–Crippen MR) is 90.9 cm³/mol. The van der Waals surface area contributed by atoms with Crippen LogP contribution in [0.1, 0.15) is 19.8 Å². The lowest BCUT2D eigenvalue weighted by Gasteiger charge is -2.08. The van der Waals surface area contributed by atoms with E-state index in [0.717, 1.165) is 32.5 Å². The predicted octanol–water partition coefficient (Wildman–Crippen LogP) is 0.418. The summed E-state index contributed by atoms with van der Waals surface area (Å²) in [6, 6.07) is 0. The number of nitrogens with one attached hydrogen (secondary N) is 1. The van der Waals surface area contributed by atoms with Crippen molar-refractivity contribution < 1.29 is 23.7 Å². The summed E-state index contributed by atoms with van der Waals surface area (Å²) in [6.07, 6.45) is 1.93. The summed E-state index contributed by atoms with van der Waals surface area (Å²) in [5.41, 5.74) is 5.36. The van der Waals surface area contributed by atoms with Crippen molar-refractivity contribution in [1.82, 2.24) is 5.32 Å². The van der Waals surface area contributed by atoms with Gasteiger partial charge in [0.25, 0.3) is 0 Å². The van der Waals surface area contributed by atoms with Gasteiger partial charge in [0.15, 0.2) is 0 Å². The van der Waals surface area contributed by atoms with Crippen LogP contribution in [0.15, 0.2) is 0 Å². The molecule has 0 amide bonds. The van der Waals surface area contributed by atoms with Gasteiger partial charge in [-0.3, -0.25) is 0 Å². The molecule has 0 aliphatic carbocycles. The first-order chi connectivity index (χ1) is 11.4. The van der Waals surface area contributed by atoms with Gasteiger partial charge in [-0.2, -0.15) is 0 Å². The van der Waals surface area contributed by atoms with Gasteiger partial charge in [-0.25, -0.2) is 0 Å². The molecular weight excluding hydrogens is 300 g/mol. The van der Waals surface area contributed by atoms with Crippen LogP contribution in [0.2, 0.25) is 0 Å². The number of nitrogens with two attached hydrogens (primary N) is 1. The molecule has 23 heavy (non-hydrogen) atoms. The highest BCUT2D eigenvalue weighted by Gasteiger charge is 1.93. The topological polar surface area (TPSA) is 84.2 Å². The molecule has 0 unspecified atom stereocenters. The molecule has 0 spiro atoms. The quantitative estimate of drug-likeness (QED) is 0.312. The van der Waals surface area contributed by atoms with Gasteiger partial charge in [0.05, 0.1) is 52.9 Å². The monoisotopic (exact) mass is 336 g/mol. The summed E-state index contributed by atoms with van der Waals surface area (Å²) < 4.78 is 26.9. The average Bonchev–Trinajstić information content (AvgIpc) is 2.57. The van der Waals surface area contributed by atoms with Crippen LogP contribution in [0.25, 0.3) is 0 Å². The van der Waals surface area contributed by atoms with Crippen LogP contribution < -0.4 is 11.1 Å². The highest BCUT2D eigenvalue weighted by Crippen LogP contribution is 1.85. The molecule has 7 heteroatoms. The number of rotatable bonds is 20. The van der Waals surface area contributed by atoms with Crippen LogP contribution >= 0.6 is 0 Å². The van der Waals surface area contributed by atoms with Crippen LogP contribution in [-0.2, 0) is 23.7 Å². The van der Waals surface area contributed by atoms with Crippen molar-refractivity contribution >= 4 is 0 Å². The molecule has 0 aromatic carbocycles. The highest BCUT2D eigenvalue weighted by atomic mass is 16.6. The van der Waals surface area contributed by atoms with Crippen molar-refractivity contribution in [1.29, 1.82) is 0 Å². The van der Waals surface area contributed by atoms with Crippen LogP contribution in [0, 0.1) is 0 Å². The fourth-order valence-electron chi connectivity index (χ4n) is 1.64. The Morgan fingerprint density at radius 1 is 0.609 bits per heavy atom. The first-order valence-electron chi connectivity index (χ1n) is 8.71. The molecule has 140 valence electrons. The SMILES string of the molecule is CCNCCCOCCOCCOCCOCCOCCCN. The minimum Gasteiger partial charge on any atom is -0.379 e. The molecule has 0 atom stereocenters. The number of hydrogen-bond acceptors (Lipinski definition) is 7. The van der Waals surface area contributed by atoms with E-state index < -0.39 is 0 Å². The standard InChI is InChI=1S/C16H36N2O5/c1-2-18-6-4-8-20-10-12-22-14-16-23-15-13-21-11-9-19-7-3-5-17/h18H,2-17H2,1H3. The molecule has 3 N–H and O–H groups in total. The van der Waals surface area contributed by atoms with E-state index in [-0.39, 0.29) is 0 Å². The molecule has 7 nitrogen and oxygen atoms in total. The van der Waals surface area contributed by atoms with E-state index >= 15 is 0 Å². The zero-order valence-electron chi connectivity index (χ0n) is 14.7. The van der Waals surface area contributed by atoms with E-state index in [1.54, 1.807) is 0 Å². The van der Waals surface area contributed by atoms with Crippen molar-refractivity contribution in [3.63, 3.8) is 0 Å². The lowest BCUT2D eigenvalue weighted by molar-refractivity contribution is -0.0111. The second kappa shape index (κ2) is 21.7. The zero-order chi connectivity index (χ0) is 16.8. The molecule has 0 saturated heterocycles. The van der Waals surface area contributed by atoms with Gasteiger partial charge >= 0.3 is 0 Å². The molecule has 0 aliphatic heterocycles. The Balaban J connectivity index is 2.92. The third kappa shape index (κ3) is 21.7. The van der Waals surface area contributed by atoms with Gasteiger partial charge in [-0.05, 0) is 32.5 Å². The molecule has 0 radical (unpaired) electrons. The van der Waals surface area contributed by atoms with E-state index in [9.17, 15) is 0 Å². The van der Waals surface area contributed by atoms with Crippen molar-refractivity contribution in [3.8, 4) is 0 Å². The minimum atomic E-state index is 0.576. The van der Waals surface area contributed by atoms with Gasteiger partial charge in [0.1, 0.15) is 0 Å². The first-order valence-corrected chi connectivity index (χ1v) is 8.71. The van der Waals surface area contributed by atoms with Gasteiger partial charge in [0.2, 0.25) is 0 Å². The first kappa shape index (κ1) is 22.7. The van der Waals surface area contributed by atoms with Crippen LogP contribution in [0.5, 0.6) is 0 Å². The maximum Gasteiger partial charge on any atom is 0.0701 e. The molecule has 0 bridgehead atoms.